The van der Waals surface area contributed by atoms with Gasteiger partial charge >= 0.3 is 0 Å². The summed E-state index contributed by atoms with van der Waals surface area (Å²) in [6, 6.07) is 4.71. The van der Waals surface area contributed by atoms with E-state index in [9.17, 15) is 0 Å². The Hall–Kier alpha value is -0.620. The summed E-state index contributed by atoms with van der Waals surface area (Å²) in [5, 5.41) is 5.62. The molecule has 20 heavy (non-hydrogen) atoms. The SMILES string of the molecule is CC(C)NCc1ccoc1CN(C)Cc1csc(Br)c1. The second-order valence-electron chi connectivity index (χ2n) is 5.34. The van der Waals surface area contributed by atoms with Crippen LogP contribution in [-0.4, -0.2) is 18.0 Å². The van der Waals surface area contributed by atoms with Gasteiger partial charge in [-0.1, -0.05) is 13.8 Å². The third-order valence-corrected chi connectivity index (χ3v) is 4.58. The molecule has 2 aromatic heterocycles. The number of rotatable bonds is 7. The molecule has 0 aliphatic carbocycles. The fourth-order valence-electron chi connectivity index (χ4n) is 2.02. The second kappa shape index (κ2) is 7.41. The highest BCUT2D eigenvalue weighted by Gasteiger charge is 2.10. The van der Waals surface area contributed by atoms with Crippen LogP contribution in [0.2, 0.25) is 0 Å². The molecule has 0 saturated carbocycles. The van der Waals surface area contributed by atoms with E-state index in [1.54, 1.807) is 17.6 Å². The van der Waals surface area contributed by atoms with Gasteiger partial charge in [0, 0.05) is 24.7 Å². The summed E-state index contributed by atoms with van der Waals surface area (Å²) in [6.07, 6.45) is 1.78. The minimum absolute atomic E-state index is 0.485. The maximum absolute atomic E-state index is 5.62. The molecule has 0 amide bonds. The van der Waals surface area contributed by atoms with Crippen molar-refractivity contribution in [3.05, 3.63) is 44.4 Å². The van der Waals surface area contributed by atoms with Crippen molar-refractivity contribution in [2.75, 3.05) is 7.05 Å². The van der Waals surface area contributed by atoms with E-state index in [0.29, 0.717) is 6.04 Å². The van der Waals surface area contributed by atoms with E-state index in [1.165, 1.54) is 14.9 Å². The first-order chi connectivity index (χ1) is 9.54. The lowest BCUT2D eigenvalue weighted by Gasteiger charge is -2.15. The number of nitrogens with one attached hydrogen (secondary N) is 1. The highest BCUT2D eigenvalue weighted by Crippen LogP contribution is 2.22. The molecule has 2 rings (SSSR count). The lowest BCUT2D eigenvalue weighted by Crippen LogP contribution is -2.23. The maximum atomic E-state index is 5.62. The molecule has 0 atom stereocenters. The van der Waals surface area contributed by atoms with Crippen LogP contribution in [0.4, 0.5) is 0 Å². The first-order valence-electron chi connectivity index (χ1n) is 6.74. The Morgan fingerprint density at radius 3 is 2.85 bits per heavy atom. The zero-order valence-corrected chi connectivity index (χ0v) is 14.6. The summed E-state index contributed by atoms with van der Waals surface area (Å²) < 4.78 is 6.80. The molecule has 5 heteroatoms. The molecule has 0 unspecified atom stereocenters. The fraction of sp³-hybridized carbons (Fsp3) is 0.467. The van der Waals surface area contributed by atoms with Crippen LogP contribution in [0, 0.1) is 0 Å². The van der Waals surface area contributed by atoms with Crippen LogP contribution < -0.4 is 5.32 Å². The highest BCUT2D eigenvalue weighted by molar-refractivity contribution is 9.11. The van der Waals surface area contributed by atoms with Gasteiger partial charge in [-0.3, -0.25) is 4.90 Å². The number of furan rings is 1. The van der Waals surface area contributed by atoms with Crippen molar-refractivity contribution in [2.24, 2.45) is 0 Å². The van der Waals surface area contributed by atoms with E-state index >= 15 is 0 Å². The quantitative estimate of drug-likeness (QED) is 0.804. The fourth-order valence-corrected chi connectivity index (χ4v) is 3.22. The second-order valence-corrected chi connectivity index (χ2v) is 7.63. The zero-order valence-electron chi connectivity index (χ0n) is 12.1. The third kappa shape index (κ3) is 4.74. The van der Waals surface area contributed by atoms with Gasteiger partial charge in [0.25, 0.3) is 0 Å². The summed E-state index contributed by atoms with van der Waals surface area (Å²) in [5.41, 5.74) is 2.58. The smallest absolute Gasteiger partial charge is 0.122 e. The average Bonchev–Trinajstić information content (AvgIpc) is 2.96. The van der Waals surface area contributed by atoms with Gasteiger partial charge in [-0.2, -0.15) is 0 Å². The highest BCUT2D eigenvalue weighted by atomic mass is 79.9. The molecule has 0 radical (unpaired) electrons. The van der Waals surface area contributed by atoms with E-state index in [1.807, 2.05) is 0 Å². The molecular formula is C15H21BrN2OS. The molecule has 3 nitrogen and oxygen atoms in total. The predicted molar refractivity (Wildman–Crippen MR) is 87.9 cm³/mol. The Bertz CT molecular complexity index is 535. The summed E-state index contributed by atoms with van der Waals surface area (Å²) in [5.74, 6) is 1.05. The first kappa shape index (κ1) is 15.8. The molecule has 0 fully saturated rings. The summed E-state index contributed by atoms with van der Waals surface area (Å²) in [4.78, 5) is 2.27. The van der Waals surface area contributed by atoms with Gasteiger partial charge in [-0.25, -0.2) is 0 Å². The van der Waals surface area contributed by atoms with Gasteiger partial charge in [-0.05, 0) is 46.1 Å². The predicted octanol–water partition coefficient (Wildman–Crippen LogP) is 4.23. The molecule has 0 saturated heterocycles. The molecule has 0 aliphatic heterocycles. The van der Waals surface area contributed by atoms with Gasteiger partial charge in [0.15, 0.2) is 0 Å². The Morgan fingerprint density at radius 2 is 2.20 bits per heavy atom. The Morgan fingerprint density at radius 1 is 1.40 bits per heavy atom. The van der Waals surface area contributed by atoms with E-state index in [4.69, 9.17) is 4.42 Å². The maximum Gasteiger partial charge on any atom is 0.122 e. The van der Waals surface area contributed by atoms with Crippen LogP contribution in [0.3, 0.4) is 0 Å². The lowest BCUT2D eigenvalue weighted by molar-refractivity contribution is 0.286. The largest absolute Gasteiger partial charge is 0.468 e. The van der Waals surface area contributed by atoms with E-state index in [2.05, 4.69) is 64.6 Å². The van der Waals surface area contributed by atoms with Crippen LogP contribution in [-0.2, 0) is 19.6 Å². The number of thiophene rings is 1. The van der Waals surface area contributed by atoms with Crippen LogP contribution in [0.1, 0.15) is 30.7 Å². The van der Waals surface area contributed by atoms with Gasteiger partial charge in [0.2, 0.25) is 0 Å². The molecule has 110 valence electrons. The van der Waals surface area contributed by atoms with Gasteiger partial charge in [0.1, 0.15) is 5.76 Å². The number of halogens is 1. The summed E-state index contributed by atoms with van der Waals surface area (Å²) >= 11 is 5.23. The van der Waals surface area contributed by atoms with Gasteiger partial charge < -0.3 is 9.73 Å². The van der Waals surface area contributed by atoms with Crippen LogP contribution in [0.5, 0.6) is 0 Å². The normalized spacial score (nSPS) is 11.7. The zero-order chi connectivity index (χ0) is 14.5. The van der Waals surface area contributed by atoms with E-state index < -0.39 is 0 Å². The molecule has 0 spiro atoms. The van der Waals surface area contributed by atoms with E-state index in [-0.39, 0.29) is 0 Å². The molecule has 0 aliphatic rings. The molecular weight excluding hydrogens is 336 g/mol. The standard InChI is InChI=1S/C15H21BrN2OS/c1-11(2)17-7-13-4-5-19-14(13)9-18(3)8-12-6-15(16)20-10-12/h4-6,10-11,17H,7-9H2,1-3H3. The first-order valence-corrected chi connectivity index (χ1v) is 8.42. The third-order valence-electron chi connectivity index (χ3n) is 3.03. The van der Waals surface area contributed by atoms with Gasteiger partial charge in [0.05, 0.1) is 16.6 Å². The minimum atomic E-state index is 0.485. The van der Waals surface area contributed by atoms with Crippen molar-refractivity contribution in [1.82, 2.24) is 10.2 Å². The van der Waals surface area contributed by atoms with Crippen molar-refractivity contribution in [1.29, 1.82) is 0 Å². The molecule has 0 aromatic carbocycles. The van der Waals surface area contributed by atoms with Crippen LogP contribution >= 0.6 is 27.3 Å². The van der Waals surface area contributed by atoms with Crippen molar-refractivity contribution < 1.29 is 4.42 Å². The van der Waals surface area contributed by atoms with Crippen molar-refractivity contribution in [3.63, 3.8) is 0 Å². The number of hydrogen-bond acceptors (Lipinski definition) is 4. The topological polar surface area (TPSA) is 28.4 Å². The molecule has 2 aromatic rings. The Labute approximate surface area is 133 Å². The number of nitrogens with zero attached hydrogens (tertiary/aromatic N) is 1. The monoisotopic (exact) mass is 356 g/mol. The Balaban J connectivity index is 1.90. The van der Waals surface area contributed by atoms with Gasteiger partial charge in [-0.15, -0.1) is 11.3 Å². The number of hydrogen-bond donors (Lipinski definition) is 1. The lowest BCUT2D eigenvalue weighted by atomic mass is 10.2. The average molecular weight is 357 g/mol. The summed E-state index contributed by atoms with van der Waals surface area (Å²) in [6.45, 7) is 6.93. The van der Waals surface area contributed by atoms with Crippen molar-refractivity contribution in [2.45, 2.75) is 39.5 Å². The van der Waals surface area contributed by atoms with E-state index in [0.717, 1.165) is 25.4 Å². The van der Waals surface area contributed by atoms with Crippen molar-refractivity contribution in [3.8, 4) is 0 Å². The molecule has 2 heterocycles. The minimum Gasteiger partial charge on any atom is -0.468 e. The molecule has 0 bridgehead atoms. The summed E-state index contributed by atoms with van der Waals surface area (Å²) in [7, 11) is 2.12. The Kier molecular flexibility index (Phi) is 5.84. The molecule has 1 N–H and O–H groups in total. The van der Waals surface area contributed by atoms with Crippen molar-refractivity contribution >= 4 is 27.3 Å². The van der Waals surface area contributed by atoms with Crippen LogP contribution in [0.15, 0.2) is 32.0 Å². The van der Waals surface area contributed by atoms with Crippen LogP contribution in [0.25, 0.3) is 0 Å².